The molecule has 0 radical (unpaired) electrons. The van der Waals surface area contributed by atoms with Gasteiger partial charge in [0, 0.05) is 17.7 Å². The summed E-state index contributed by atoms with van der Waals surface area (Å²) in [6, 6.07) is 11.9. The molecule has 3 rings (SSSR count). The lowest BCUT2D eigenvalue weighted by atomic mass is 9.88. The molecule has 1 fully saturated rings. The Labute approximate surface area is 191 Å². The molecule has 1 unspecified atom stereocenters. The maximum absolute atomic E-state index is 13.1. The van der Waals surface area contributed by atoms with Crippen molar-refractivity contribution in [3.8, 4) is 0 Å². The fourth-order valence-electron chi connectivity index (χ4n) is 4.04. The van der Waals surface area contributed by atoms with Gasteiger partial charge in [-0.25, -0.2) is 4.79 Å². The van der Waals surface area contributed by atoms with E-state index in [9.17, 15) is 19.8 Å². The standard InChI is InChI=1S/C24H25Cl2NO4/c1-15(24(30)31)23(29)27(14-16-8-3-2-4-9-16)20-13-6-5-10-17(20)22(28)18-11-7-12-19(25)21(18)26/h5-7,10-13,16,22,28H,1-4,8-9,14H2,(H,30,31). The lowest BCUT2D eigenvalue weighted by Gasteiger charge is -2.32. The number of hydrogen-bond acceptors (Lipinski definition) is 3. The number of nitrogens with zero attached hydrogens (tertiary/aromatic N) is 1. The predicted octanol–water partition coefficient (Wildman–Crippen LogP) is 5.63. The number of rotatable bonds is 7. The second-order valence-corrected chi connectivity index (χ2v) is 8.59. The molecule has 5 nitrogen and oxygen atoms in total. The highest BCUT2D eigenvalue weighted by molar-refractivity contribution is 6.42. The van der Waals surface area contributed by atoms with E-state index in [4.69, 9.17) is 23.2 Å². The van der Waals surface area contributed by atoms with Crippen LogP contribution < -0.4 is 4.90 Å². The van der Waals surface area contributed by atoms with E-state index in [0.29, 0.717) is 28.4 Å². The van der Waals surface area contributed by atoms with Crippen LogP contribution in [0.3, 0.4) is 0 Å². The third kappa shape index (κ3) is 5.29. The zero-order valence-electron chi connectivity index (χ0n) is 17.1. The van der Waals surface area contributed by atoms with Crippen LogP contribution in [0.4, 0.5) is 5.69 Å². The average Bonchev–Trinajstić information content (AvgIpc) is 2.78. The monoisotopic (exact) mass is 461 g/mol. The van der Waals surface area contributed by atoms with E-state index in [2.05, 4.69) is 6.58 Å². The molecular weight excluding hydrogens is 437 g/mol. The minimum Gasteiger partial charge on any atom is -0.478 e. The molecule has 0 spiro atoms. The van der Waals surface area contributed by atoms with E-state index < -0.39 is 23.6 Å². The van der Waals surface area contributed by atoms with Gasteiger partial charge in [0.15, 0.2) is 0 Å². The number of aliphatic carboxylic acids is 1. The Morgan fingerprint density at radius 3 is 2.35 bits per heavy atom. The number of halogens is 2. The largest absolute Gasteiger partial charge is 0.478 e. The van der Waals surface area contributed by atoms with Crippen molar-refractivity contribution in [1.82, 2.24) is 0 Å². The second-order valence-electron chi connectivity index (χ2n) is 7.81. The topological polar surface area (TPSA) is 77.8 Å². The molecule has 1 atom stereocenters. The molecule has 0 heterocycles. The van der Waals surface area contributed by atoms with E-state index in [1.54, 1.807) is 42.5 Å². The molecule has 2 aromatic carbocycles. The van der Waals surface area contributed by atoms with Gasteiger partial charge in [-0.1, -0.05) is 79.4 Å². The summed E-state index contributed by atoms with van der Waals surface area (Å²) in [7, 11) is 0. The number of hydrogen-bond donors (Lipinski definition) is 2. The molecule has 0 aliphatic heterocycles. The van der Waals surface area contributed by atoms with Crippen LogP contribution in [0.5, 0.6) is 0 Å². The van der Waals surface area contributed by atoms with Gasteiger partial charge in [0.2, 0.25) is 0 Å². The summed E-state index contributed by atoms with van der Waals surface area (Å²) in [6.07, 6.45) is 4.10. The van der Waals surface area contributed by atoms with Gasteiger partial charge in [-0.05, 0) is 30.9 Å². The Bertz CT molecular complexity index is 985. The fourth-order valence-corrected chi connectivity index (χ4v) is 4.45. The van der Waals surface area contributed by atoms with E-state index in [1.807, 2.05) is 0 Å². The first kappa shape index (κ1) is 23.3. The number of carboxylic acid groups (broad SMARTS) is 1. The van der Waals surface area contributed by atoms with Gasteiger partial charge in [-0.3, -0.25) is 4.79 Å². The molecule has 0 bridgehead atoms. The van der Waals surface area contributed by atoms with Crippen molar-refractivity contribution in [1.29, 1.82) is 0 Å². The highest BCUT2D eigenvalue weighted by atomic mass is 35.5. The fraction of sp³-hybridized carbons (Fsp3) is 0.333. The second kappa shape index (κ2) is 10.3. The van der Waals surface area contributed by atoms with Crippen molar-refractivity contribution >= 4 is 40.8 Å². The van der Waals surface area contributed by atoms with Crippen molar-refractivity contribution in [2.24, 2.45) is 5.92 Å². The van der Waals surface area contributed by atoms with Crippen LogP contribution in [0.1, 0.15) is 49.3 Å². The van der Waals surface area contributed by atoms with Crippen LogP contribution in [-0.4, -0.2) is 28.6 Å². The van der Waals surface area contributed by atoms with Crippen LogP contribution in [-0.2, 0) is 9.59 Å². The number of amides is 1. The van der Waals surface area contributed by atoms with Gasteiger partial charge < -0.3 is 15.1 Å². The van der Waals surface area contributed by atoms with Gasteiger partial charge in [-0.15, -0.1) is 0 Å². The SMILES string of the molecule is C=C(C(=O)O)C(=O)N(CC1CCCCC1)c1ccccc1C(O)c1cccc(Cl)c1Cl. The predicted molar refractivity (Wildman–Crippen MR) is 123 cm³/mol. The Balaban J connectivity index is 2.04. The minimum atomic E-state index is -1.37. The Hall–Kier alpha value is -2.34. The Kier molecular flexibility index (Phi) is 7.76. The smallest absolute Gasteiger partial charge is 0.340 e. The summed E-state index contributed by atoms with van der Waals surface area (Å²) in [4.78, 5) is 26.0. The quantitative estimate of drug-likeness (QED) is 0.318. The zero-order valence-corrected chi connectivity index (χ0v) is 18.6. The van der Waals surface area contributed by atoms with Crippen molar-refractivity contribution in [3.05, 3.63) is 75.8 Å². The van der Waals surface area contributed by atoms with Crippen LogP contribution in [0.25, 0.3) is 0 Å². The number of benzene rings is 2. The molecule has 0 saturated heterocycles. The van der Waals surface area contributed by atoms with Crippen LogP contribution in [0.2, 0.25) is 10.0 Å². The highest BCUT2D eigenvalue weighted by Crippen LogP contribution is 2.38. The molecule has 2 N–H and O–H groups in total. The number of carbonyl (C=O) groups excluding carboxylic acids is 1. The number of aliphatic hydroxyl groups is 1. The first-order valence-corrected chi connectivity index (χ1v) is 11.0. The highest BCUT2D eigenvalue weighted by Gasteiger charge is 2.30. The summed E-state index contributed by atoms with van der Waals surface area (Å²) in [5.41, 5.74) is 0.766. The Morgan fingerprint density at radius 2 is 1.68 bits per heavy atom. The summed E-state index contributed by atoms with van der Waals surface area (Å²) < 4.78 is 0. The van der Waals surface area contributed by atoms with E-state index in [1.165, 1.54) is 4.90 Å². The van der Waals surface area contributed by atoms with Gasteiger partial charge >= 0.3 is 5.97 Å². The Morgan fingerprint density at radius 1 is 1.03 bits per heavy atom. The van der Waals surface area contributed by atoms with Gasteiger partial charge in [0.05, 0.1) is 15.7 Å². The number of carboxylic acids is 1. The van der Waals surface area contributed by atoms with Crippen molar-refractivity contribution in [2.75, 3.05) is 11.4 Å². The maximum atomic E-state index is 13.1. The number of aliphatic hydroxyl groups excluding tert-OH is 1. The first-order valence-electron chi connectivity index (χ1n) is 10.3. The molecule has 1 amide bonds. The van der Waals surface area contributed by atoms with Crippen molar-refractivity contribution < 1.29 is 19.8 Å². The zero-order chi connectivity index (χ0) is 22.5. The third-order valence-electron chi connectivity index (χ3n) is 5.73. The average molecular weight is 462 g/mol. The van der Waals surface area contributed by atoms with Crippen molar-refractivity contribution in [3.63, 3.8) is 0 Å². The molecule has 2 aromatic rings. The van der Waals surface area contributed by atoms with Crippen LogP contribution in [0.15, 0.2) is 54.6 Å². The molecule has 1 saturated carbocycles. The summed E-state index contributed by atoms with van der Waals surface area (Å²) in [6.45, 7) is 3.82. The van der Waals surface area contributed by atoms with E-state index in [-0.39, 0.29) is 10.9 Å². The molecule has 7 heteroatoms. The molecule has 0 aromatic heterocycles. The molecule has 1 aliphatic rings. The number of anilines is 1. The third-order valence-corrected chi connectivity index (χ3v) is 6.56. The molecular formula is C24H25Cl2NO4. The van der Waals surface area contributed by atoms with Gasteiger partial charge in [0.1, 0.15) is 11.7 Å². The lowest BCUT2D eigenvalue weighted by molar-refractivity contribution is -0.134. The molecule has 31 heavy (non-hydrogen) atoms. The molecule has 164 valence electrons. The molecule has 1 aliphatic carbocycles. The number of carbonyl (C=O) groups is 2. The van der Waals surface area contributed by atoms with E-state index >= 15 is 0 Å². The van der Waals surface area contributed by atoms with Crippen LogP contribution >= 0.6 is 23.2 Å². The first-order chi connectivity index (χ1) is 14.8. The number of para-hydroxylation sites is 1. The summed E-state index contributed by atoms with van der Waals surface area (Å²) >= 11 is 12.4. The van der Waals surface area contributed by atoms with Gasteiger partial charge in [-0.2, -0.15) is 0 Å². The van der Waals surface area contributed by atoms with E-state index in [0.717, 1.165) is 32.1 Å². The maximum Gasteiger partial charge on any atom is 0.340 e. The van der Waals surface area contributed by atoms with Crippen LogP contribution in [0, 0.1) is 5.92 Å². The normalized spacial score (nSPS) is 15.3. The lowest BCUT2D eigenvalue weighted by Crippen LogP contribution is -2.39. The minimum absolute atomic E-state index is 0.228. The summed E-state index contributed by atoms with van der Waals surface area (Å²) in [5, 5.41) is 21.0. The summed E-state index contributed by atoms with van der Waals surface area (Å²) in [5.74, 6) is -1.80. The van der Waals surface area contributed by atoms with Gasteiger partial charge in [0.25, 0.3) is 5.91 Å². The van der Waals surface area contributed by atoms with Crippen molar-refractivity contribution in [2.45, 2.75) is 38.2 Å².